The maximum atomic E-state index is 12.1. The molecule has 5 heteroatoms. The average molecular weight is 257 g/mol. The van der Waals surface area contributed by atoms with Crippen LogP contribution in [0, 0.1) is 11.3 Å². The monoisotopic (exact) mass is 257 g/mol. The van der Waals surface area contributed by atoms with Crippen LogP contribution >= 0.6 is 11.8 Å². The lowest BCUT2D eigenvalue weighted by Gasteiger charge is -2.35. The first kappa shape index (κ1) is 12.3. The second-order valence-electron chi connectivity index (χ2n) is 4.12. The lowest BCUT2D eigenvalue weighted by molar-refractivity contribution is -0.0328. The van der Waals surface area contributed by atoms with Gasteiger partial charge in [0.15, 0.2) is 0 Å². The third-order valence-corrected chi connectivity index (χ3v) is 3.80. The van der Waals surface area contributed by atoms with Crippen LogP contribution in [0.4, 0.5) is 13.2 Å². The molecule has 0 amide bonds. The van der Waals surface area contributed by atoms with Gasteiger partial charge in [0.05, 0.1) is 11.5 Å². The van der Waals surface area contributed by atoms with E-state index in [9.17, 15) is 13.2 Å². The lowest BCUT2D eigenvalue weighted by atomic mass is 9.66. The van der Waals surface area contributed by atoms with E-state index in [4.69, 9.17) is 5.26 Å². The molecule has 0 bridgehead atoms. The number of rotatable bonds is 2. The summed E-state index contributed by atoms with van der Waals surface area (Å²) in [5.74, 6) is 0. The van der Waals surface area contributed by atoms with Gasteiger partial charge in [-0.05, 0) is 48.7 Å². The number of halogens is 3. The molecule has 90 valence electrons. The minimum absolute atomic E-state index is 0.130. The molecule has 0 unspecified atom stereocenters. The Kier molecular flexibility index (Phi) is 3.09. The highest BCUT2D eigenvalue weighted by atomic mass is 32.2. The summed E-state index contributed by atoms with van der Waals surface area (Å²) in [6, 6.07) is 8.41. The van der Waals surface area contributed by atoms with E-state index in [0.29, 0.717) is 0 Å². The van der Waals surface area contributed by atoms with Crippen LogP contribution in [0.5, 0.6) is 0 Å². The second-order valence-corrected chi connectivity index (χ2v) is 5.26. The molecule has 1 aromatic carbocycles. The van der Waals surface area contributed by atoms with Crippen molar-refractivity contribution >= 4 is 11.8 Å². The first-order valence-corrected chi connectivity index (χ1v) is 6.04. The molecular weight excluding hydrogens is 247 g/mol. The molecule has 0 saturated heterocycles. The number of thioether (sulfide) groups is 1. The number of hydrogen-bond donors (Lipinski definition) is 0. The van der Waals surface area contributed by atoms with Gasteiger partial charge < -0.3 is 0 Å². The number of nitrogens with zero attached hydrogens (tertiary/aromatic N) is 1. The normalized spacial score (nSPS) is 18.2. The Labute approximate surface area is 102 Å². The maximum Gasteiger partial charge on any atom is 0.446 e. The molecule has 0 heterocycles. The first-order chi connectivity index (χ1) is 7.95. The van der Waals surface area contributed by atoms with Crippen molar-refractivity contribution in [3.63, 3.8) is 0 Å². The van der Waals surface area contributed by atoms with Crippen molar-refractivity contribution in [3.05, 3.63) is 29.8 Å². The Bertz CT molecular complexity index is 440. The molecule has 0 aliphatic heterocycles. The van der Waals surface area contributed by atoms with Gasteiger partial charge >= 0.3 is 5.51 Å². The molecule has 1 aliphatic carbocycles. The van der Waals surface area contributed by atoms with Crippen molar-refractivity contribution in [1.82, 2.24) is 0 Å². The van der Waals surface area contributed by atoms with E-state index in [0.717, 1.165) is 24.8 Å². The third-order valence-electron chi connectivity index (χ3n) is 3.06. The molecule has 0 radical (unpaired) electrons. The van der Waals surface area contributed by atoms with Gasteiger partial charge in [-0.25, -0.2) is 0 Å². The van der Waals surface area contributed by atoms with Crippen LogP contribution in [0.2, 0.25) is 0 Å². The highest BCUT2D eigenvalue weighted by Gasteiger charge is 2.39. The van der Waals surface area contributed by atoms with Gasteiger partial charge in [0.2, 0.25) is 0 Å². The summed E-state index contributed by atoms with van der Waals surface area (Å²) in [5, 5.41) is 9.11. The van der Waals surface area contributed by atoms with Gasteiger partial charge in [-0.1, -0.05) is 12.1 Å². The van der Waals surface area contributed by atoms with Crippen LogP contribution in [0.1, 0.15) is 24.8 Å². The van der Waals surface area contributed by atoms with Crippen molar-refractivity contribution in [2.75, 3.05) is 0 Å². The van der Waals surface area contributed by atoms with Crippen molar-refractivity contribution in [2.24, 2.45) is 0 Å². The van der Waals surface area contributed by atoms with E-state index < -0.39 is 10.9 Å². The van der Waals surface area contributed by atoms with Crippen molar-refractivity contribution in [3.8, 4) is 6.07 Å². The van der Waals surface area contributed by atoms with Gasteiger partial charge in [-0.3, -0.25) is 0 Å². The largest absolute Gasteiger partial charge is 0.446 e. The quantitative estimate of drug-likeness (QED) is 0.740. The van der Waals surface area contributed by atoms with Crippen LogP contribution in [0.3, 0.4) is 0 Å². The highest BCUT2D eigenvalue weighted by Crippen LogP contribution is 2.44. The molecule has 1 fully saturated rings. The Morgan fingerprint density at radius 1 is 1.18 bits per heavy atom. The summed E-state index contributed by atoms with van der Waals surface area (Å²) >= 11 is -0.130. The van der Waals surface area contributed by atoms with E-state index in [-0.39, 0.29) is 16.7 Å². The maximum absolute atomic E-state index is 12.1. The minimum atomic E-state index is -4.26. The molecule has 1 aliphatic rings. The predicted molar refractivity (Wildman–Crippen MR) is 59.5 cm³/mol. The van der Waals surface area contributed by atoms with Gasteiger partial charge in [-0.2, -0.15) is 18.4 Å². The number of benzene rings is 1. The molecule has 0 aromatic heterocycles. The van der Waals surface area contributed by atoms with Crippen LogP contribution in [-0.2, 0) is 5.41 Å². The van der Waals surface area contributed by atoms with Crippen molar-refractivity contribution in [1.29, 1.82) is 5.26 Å². The fourth-order valence-corrected chi connectivity index (χ4v) is 2.51. The Balaban J connectivity index is 2.16. The predicted octanol–water partition coefficient (Wildman–Crippen LogP) is 4.24. The zero-order valence-electron chi connectivity index (χ0n) is 8.92. The highest BCUT2D eigenvalue weighted by molar-refractivity contribution is 8.00. The summed E-state index contributed by atoms with van der Waals surface area (Å²) in [7, 11) is 0. The molecule has 2 rings (SSSR count). The zero-order valence-corrected chi connectivity index (χ0v) is 9.74. The van der Waals surface area contributed by atoms with E-state index in [1.54, 1.807) is 12.1 Å². The topological polar surface area (TPSA) is 23.8 Å². The first-order valence-electron chi connectivity index (χ1n) is 5.23. The summed E-state index contributed by atoms with van der Waals surface area (Å²) in [4.78, 5) is 0.161. The number of alkyl halides is 3. The molecule has 1 saturated carbocycles. The lowest BCUT2D eigenvalue weighted by Crippen LogP contribution is -2.32. The Hall–Kier alpha value is -1.15. The number of hydrogen-bond acceptors (Lipinski definition) is 2. The fourth-order valence-electron chi connectivity index (χ4n) is 1.97. The van der Waals surface area contributed by atoms with Crippen LogP contribution in [0.15, 0.2) is 29.2 Å². The zero-order chi connectivity index (χ0) is 12.5. The summed E-state index contributed by atoms with van der Waals surface area (Å²) in [5.41, 5.74) is -3.88. The molecule has 1 aromatic rings. The standard InChI is InChI=1S/C12H10F3NS/c13-12(14,15)17-10-4-2-9(3-5-10)11(8-16)6-1-7-11/h2-5H,1,6-7H2. The molecule has 17 heavy (non-hydrogen) atoms. The molecule has 0 N–H and O–H groups in total. The van der Waals surface area contributed by atoms with Gasteiger partial charge in [0.25, 0.3) is 0 Å². The molecule has 0 spiro atoms. The van der Waals surface area contributed by atoms with Crippen LogP contribution < -0.4 is 0 Å². The Morgan fingerprint density at radius 2 is 1.76 bits per heavy atom. The number of nitriles is 1. The molecule has 1 nitrogen and oxygen atoms in total. The average Bonchev–Trinajstić information content (AvgIpc) is 2.17. The van der Waals surface area contributed by atoms with Gasteiger partial charge in [0, 0.05) is 4.90 Å². The van der Waals surface area contributed by atoms with E-state index >= 15 is 0 Å². The summed E-state index contributed by atoms with van der Waals surface area (Å²) < 4.78 is 36.4. The molecular formula is C12H10F3NS. The third kappa shape index (κ3) is 2.58. The second kappa shape index (κ2) is 4.26. The van der Waals surface area contributed by atoms with Crippen molar-refractivity contribution in [2.45, 2.75) is 35.1 Å². The summed E-state index contributed by atoms with van der Waals surface area (Å²) in [6.07, 6.45) is 2.61. The van der Waals surface area contributed by atoms with Crippen LogP contribution in [-0.4, -0.2) is 5.51 Å². The van der Waals surface area contributed by atoms with E-state index in [2.05, 4.69) is 6.07 Å². The Morgan fingerprint density at radius 3 is 2.12 bits per heavy atom. The van der Waals surface area contributed by atoms with Gasteiger partial charge in [0.1, 0.15) is 0 Å². The SMILES string of the molecule is N#CC1(c2ccc(SC(F)(F)F)cc2)CCC1. The van der Waals surface area contributed by atoms with Crippen LogP contribution in [0.25, 0.3) is 0 Å². The van der Waals surface area contributed by atoms with E-state index in [1.165, 1.54) is 12.1 Å². The van der Waals surface area contributed by atoms with E-state index in [1.807, 2.05) is 0 Å². The smallest absolute Gasteiger partial charge is 0.197 e. The summed E-state index contributed by atoms with van der Waals surface area (Å²) in [6.45, 7) is 0. The molecule has 0 atom stereocenters. The van der Waals surface area contributed by atoms with Gasteiger partial charge in [-0.15, -0.1) is 0 Å². The fraction of sp³-hybridized carbons (Fsp3) is 0.417. The van der Waals surface area contributed by atoms with Crippen molar-refractivity contribution < 1.29 is 13.2 Å². The minimum Gasteiger partial charge on any atom is -0.197 e.